The van der Waals surface area contributed by atoms with Crippen molar-refractivity contribution in [2.24, 2.45) is 0 Å². The molecule has 4 N–H and O–H groups in total. The first-order valence-corrected chi connectivity index (χ1v) is 27.3. The second-order valence-corrected chi connectivity index (χ2v) is 19.2. The summed E-state index contributed by atoms with van der Waals surface area (Å²) in [5.41, 5.74) is 0. The molecule has 3 atom stereocenters. The van der Waals surface area contributed by atoms with E-state index in [4.69, 9.17) is 0 Å². The third-order valence-corrected chi connectivity index (χ3v) is 13.2. The molecule has 3 unspecified atom stereocenters. The van der Waals surface area contributed by atoms with E-state index in [2.05, 4.69) is 19.2 Å². The van der Waals surface area contributed by atoms with Gasteiger partial charge in [0.25, 0.3) is 0 Å². The standard InChI is InChI=1S/C54H109NO4/c1-3-5-7-9-11-13-15-17-19-21-22-23-24-25-26-27-28-29-30-31-33-35-37-39-41-43-45-47-49-53(58)54(59)55-51(50-56)52(57)48-46-44-42-40-38-36-34-32-20-18-16-14-12-10-8-6-4-2/h51-53,56-58H,3-50H2,1-2H3,(H,55,59). The summed E-state index contributed by atoms with van der Waals surface area (Å²) < 4.78 is 0. The van der Waals surface area contributed by atoms with Gasteiger partial charge in [-0.2, -0.15) is 0 Å². The summed E-state index contributed by atoms with van der Waals surface area (Å²) in [6.07, 6.45) is 60.0. The third-order valence-electron chi connectivity index (χ3n) is 13.2. The van der Waals surface area contributed by atoms with E-state index < -0.39 is 24.2 Å². The predicted octanol–water partition coefficient (Wildman–Crippen LogP) is 16.6. The van der Waals surface area contributed by atoms with Gasteiger partial charge in [0.15, 0.2) is 0 Å². The van der Waals surface area contributed by atoms with Crippen LogP contribution < -0.4 is 5.32 Å². The van der Waals surface area contributed by atoms with Crippen LogP contribution in [0.3, 0.4) is 0 Å². The smallest absolute Gasteiger partial charge is 0.249 e. The van der Waals surface area contributed by atoms with E-state index in [0.717, 1.165) is 32.1 Å². The molecule has 0 aliphatic rings. The Morgan fingerprint density at radius 1 is 0.339 bits per heavy atom. The fraction of sp³-hybridized carbons (Fsp3) is 0.981. The van der Waals surface area contributed by atoms with Crippen molar-refractivity contribution < 1.29 is 20.1 Å². The predicted molar refractivity (Wildman–Crippen MR) is 259 cm³/mol. The van der Waals surface area contributed by atoms with Crippen molar-refractivity contribution in [3.05, 3.63) is 0 Å². The van der Waals surface area contributed by atoms with E-state index in [1.165, 1.54) is 257 Å². The molecule has 0 saturated carbocycles. The van der Waals surface area contributed by atoms with Crippen molar-refractivity contribution in [2.45, 2.75) is 334 Å². The van der Waals surface area contributed by atoms with Crippen LogP contribution in [-0.4, -0.2) is 46.1 Å². The number of carbonyl (C=O) groups excluding carboxylic acids is 1. The fourth-order valence-electron chi connectivity index (χ4n) is 8.96. The first kappa shape index (κ1) is 58.4. The summed E-state index contributed by atoms with van der Waals surface area (Å²) in [5, 5.41) is 33.5. The molecule has 1 amide bonds. The van der Waals surface area contributed by atoms with E-state index in [-0.39, 0.29) is 6.61 Å². The number of amides is 1. The van der Waals surface area contributed by atoms with Gasteiger partial charge in [0.2, 0.25) is 5.91 Å². The summed E-state index contributed by atoms with van der Waals surface area (Å²) in [6, 6.07) is -0.707. The number of rotatable bonds is 51. The molecule has 0 spiro atoms. The largest absolute Gasteiger partial charge is 0.394 e. The maximum absolute atomic E-state index is 12.6. The number of aliphatic hydroxyl groups excluding tert-OH is 3. The minimum atomic E-state index is -1.07. The zero-order valence-electron chi connectivity index (χ0n) is 40.4. The molecule has 5 heteroatoms. The van der Waals surface area contributed by atoms with E-state index in [1.54, 1.807) is 0 Å². The highest BCUT2D eigenvalue weighted by molar-refractivity contribution is 5.80. The number of carbonyl (C=O) groups is 1. The van der Waals surface area contributed by atoms with Crippen LogP contribution in [0.2, 0.25) is 0 Å². The average Bonchev–Trinajstić information content (AvgIpc) is 3.24. The molecule has 354 valence electrons. The summed E-state index contributed by atoms with van der Waals surface area (Å²) in [7, 11) is 0. The van der Waals surface area contributed by atoms with Crippen LogP contribution in [0.1, 0.15) is 316 Å². The highest BCUT2D eigenvalue weighted by Gasteiger charge is 2.23. The van der Waals surface area contributed by atoms with Gasteiger partial charge in [-0.25, -0.2) is 0 Å². The third kappa shape index (κ3) is 45.2. The van der Waals surface area contributed by atoms with Gasteiger partial charge < -0.3 is 20.6 Å². The zero-order chi connectivity index (χ0) is 43.0. The van der Waals surface area contributed by atoms with Crippen LogP contribution in [-0.2, 0) is 4.79 Å². The van der Waals surface area contributed by atoms with Crippen molar-refractivity contribution in [1.29, 1.82) is 0 Å². The molecule has 0 saturated heterocycles. The summed E-state index contributed by atoms with van der Waals surface area (Å²) in [4.78, 5) is 12.6. The summed E-state index contributed by atoms with van der Waals surface area (Å²) >= 11 is 0. The molecule has 0 aromatic rings. The molecule has 0 aliphatic heterocycles. The molecule has 0 radical (unpaired) electrons. The minimum Gasteiger partial charge on any atom is -0.394 e. The summed E-state index contributed by atoms with van der Waals surface area (Å²) in [6.45, 7) is 4.27. The Labute approximate surface area is 370 Å². The van der Waals surface area contributed by atoms with Gasteiger partial charge in [-0.15, -0.1) is 0 Å². The van der Waals surface area contributed by atoms with Gasteiger partial charge in [0, 0.05) is 0 Å². The topological polar surface area (TPSA) is 89.8 Å². The number of aliphatic hydroxyl groups is 3. The van der Waals surface area contributed by atoms with Gasteiger partial charge in [-0.3, -0.25) is 4.79 Å². The SMILES string of the molecule is CCCCCCCCCCCCCCCCCCCCCCCCCCCCCCC(O)C(=O)NC(CO)C(O)CCCCCCCCCCCCCCCCCCC. The molecule has 0 aromatic heterocycles. The Balaban J connectivity index is 3.48. The minimum absolute atomic E-state index is 0.307. The maximum atomic E-state index is 12.6. The highest BCUT2D eigenvalue weighted by atomic mass is 16.3. The quantitative estimate of drug-likeness (QED) is 0.0460. The molecule has 0 rings (SSSR count). The second kappa shape index (κ2) is 50.0. The lowest BCUT2D eigenvalue weighted by atomic mass is 10.0. The van der Waals surface area contributed by atoms with Gasteiger partial charge in [-0.1, -0.05) is 303 Å². The molecule has 0 aliphatic carbocycles. The van der Waals surface area contributed by atoms with Crippen LogP contribution in [0.5, 0.6) is 0 Å². The number of unbranched alkanes of at least 4 members (excludes halogenated alkanes) is 43. The first-order valence-electron chi connectivity index (χ1n) is 27.3. The molecule has 0 fully saturated rings. The Morgan fingerprint density at radius 2 is 0.542 bits per heavy atom. The van der Waals surface area contributed by atoms with Crippen LogP contribution >= 0.6 is 0 Å². The molecule has 0 heterocycles. The molecule has 0 aromatic carbocycles. The van der Waals surface area contributed by atoms with Crippen LogP contribution in [0.15, 0.2) is 0 Å². The Hall–Kier alpha value is -0.650. The summed E-state index contributed by atoms with van der Waals surface area (Å²) in [5.74, 6) is -0.462. The lowest BCUT2D eigenvalue weighted by Gasteiger charge is -2.23. The second-order valence-electron chi connectivity index (χ2n) is 19.2. The zero-order valence-corrected chi connectivity index (χ0v) is 40.4. The van der Waals surface area contributed by atoms with Gasteiger partial charge >= 0.3 is 0 Å². The Kier molecular flexibility index (Phi) is 49.4. The highest BCUT2D eigenvalue weighted by Crippen LogP contribution is 2.18. The first-order chi connectivity index (χ1) is 29.1. The number of hydrogen-bond donors (Lipinski definition) is 4. The van der Waals surface area contributed by atoms with E-state index in [1.807, 2.05) is 0 Å². The average molecular weight is 836 g/mol. The Morgan fingerprint density at radius 3 is 0.763 bits per heavy atom. The van der Waals surface area contributed by atoms with Gasteiger partial charge in [-0.05, 0) is 12.8 Å². The molecule has 0 bridgehead atoms. The molecular formula is C54H109NO4. The van der Waals surface area contributed by atoms with Crippen molar-refractivity contribution >= 4 is 5.91 Å². The maximum Gasteiger partial charge on any atom is 0.249 e. The normalized spacial score (nSPS) is 13.2. The molecule has 59 heavy (non-hydrogen) atoms. The lowest BCUT2D eigenvalue weighted by molar-refractivity contribution is -0.131. The van der Waals surface area contributed by atoms with Crippen molar-refractivity contribution in [3.8, 4) is 0 Å². The molecule has 5 nitrogen and oxygen atoms in total. The van der Waals surface area contributed by atoms with Crippen molar-refractivity contribution in [1.82, 2.24) is 5.32 Å². The monoisotopic (exact) mass is 836 g/mol. The van der Waals surface area contributed by atoms with Crippen molar-refractivity contribution in [2.75, 3.05) is 6.61 Å². The fourth-order valence-corrected chi connectivity index (χ4v) is 8.96. The number of nitrogens with one attached hydrogen (secondary N) is 1. The van der Waals surface area contributed by atoms with Crippen molar-refractivity contribution in [3.63, 3.8) is 0 Å². The van der Waals surface area contributed by atoms with Crippen LogP contribution in [0.4, 0.5) is 0 Å². The van der Waals surface area contributed by atoms with Gasteiger partial charge in [0.05, 0.1) is 18.8 Å². The number of hydrogen-bond acceptors (Lipinski definition) is 4. The molecular weight excluding hydrogens is 727 g/mol. The van der Waals surface area contributed by atoms with Crippen LogP contribution in [0.25, 0.3) is 0 Å². The van der Waals surface area contributed by atoms with E-state index in [9.17, 15) is 20.1 Å². The van der Waals surface area contributed by atoms with Gasteiger partial charge in [0.1, 0.15) is 6.10 Å². The lowest BCUT2D eigenvalue weighted by Crippen LogP contribution is -2.49. The Bertz CT molecular complexity index is 792. The van der Waals surface area contributed by atoms with E-state index in [0.29, 0.717) is 12.8 Å². The van der Waals surface area contributed by atoms with Crippen LogP contribution in [0, 0.1) is 0 Å². The van der Waals surface area contributed by atoms with E-state index >= 15 is 0 Å².